The van der Waals surface area contributed by atoms with Crippen molar-refractivity contribution in [3.8, 4) is 0 Å². The molecule has 0 aliphatic heterocycles. The molecule has 3 N–H and O–H groups in total. The number of rotatable bonds is 3. The molecule has 0 bridgehead atoms. The van der Waals surface area contributed by atoms with Gasteiger partial charge in [-0.1, -0.05) is 37.5 Å². The van der Waals surface area contributed by atoms with Crippen LogP contribution < -0.4 is 5.73 Å². The number of benzene rings is 1. The molecule has 1 unspecified atom stereocenters. The molecule has 2 heteroatoms. The molecule has 0 amide bonds. The molecule has 0 saturated heterocycles. The summed E-state index contributed by atoms with van der Waals surface area (Å²) < 4.78 is 0. The highest BCUT2D eigenvalue weighted by Crippen LogP contribution is 2.28. The van der Waals surface area contributed by atoms with E-state index in [0.717, 1.165) is 12.3 Å². The first-order valence-electron chi connectivity index (χ1n) is 7.15. The highest BCUT2D eigenvalue weighted by molar-refractivity contribution is 5.83. The van der Waals surface area contributed by atoms with Gasteiger partial charge in [0.2, 0.25) is 0 Å². The van der Waals surface area contributed by atoms with Crippen LogP contribution in [0.3, 0.4) is 0 Å². The Labute approximate surface area is 109 Å². The van der Waals surface area contributed by atoms with Crippen LogP contribution in [0.2, 0.25) is 0 Å². The quantitative estimate of drug-likeness (QED) is 0.848. The van der Waals surface area contributed by atoms with Crippen molar-refractivity contribution >= 4 is 10.9 Å². The average molecular weight is 242 g/mol. The molecule has 1 atom stereocenters. The van der Waals surface area contributed by atoms with Gasteiger partial charge in [0.05, 0.1) is 0 Å². The van der Waals surface area contributed by atoms with Crippen LogP contribution in [0.4, 0.5) is 0 Å². The second kappa shape index (κ2) is 5.15. The van der Waals surface area contributed by atoms with Crippen molar-refractivity contribution in [2.45, 2.75) is 44.6 Å². The number of para-hydroxylation sites is 1. The third-order valence-electron chi connectivity index (χ3n) is 4.39. The van der Waals surface area contributed by atoms with Crippen molar-refractivity contribution in [3.63, 3.8) is 0 Å². The first kappa shape index (κ1) is 11.8. The van der Waals surface area contributed by atoms with Gasteiger partial charge in [0, 0.05) is 23.1 Å². The molecular weight excluding hydrogens is 220 g/mol. The maximum absolute atomic E-state index is 6.42. The zero-order valence-corrected chi connectivity index (χ0v) is 10.9. The number of aromatic amines is 1. The van der Waals surface area contributed by atoms with E-state index in [-0.39, 0.29) is 0 Å². The number of aromatic nitrogens is 1. The molecule has 0 spiro atoms. The van der Waals surface area contributed by atoms with E-state index in [1.165, 1.54) is 48.6 Å². The Bertz CT molecular complexity index is 509. The van der Waals surface area contributed by atoms with Crippen LogP contribution in [-0.2, 0) is 6.42 Å². The Morgan fingerprint density at radius 3 is 2.78 bits per heavy atom. The van der Waals surface area contributed by atoms with E-state index in [0.29, 0.717) is 6.04 Å². The minimum Gasteiger partial charge on any atom is -0.361 e. The molecule has 1 aromatic heterocycles. The Balaban J connectivity index is 1.75. The van der Waals surface area contributed by atoms with Crippen LogP contribution in [0.25, 0.3) is 10.9 Å². The Morgan fingerprint density at radius 2 is 1.94 bits per heavy atom. The van der Waals surface area contributed by atoms with Crippen molar-refractivity contribution in [1.29, 1.82) is 0 Å². The second-order valence-electron chi connectivity index (χ2n) is 5.63. The smallest absolute Gasteiger partial charge is 0.0456 e. The Kier molecular flexibility index (Phi) is 3.37. The molecule has 3 rings (SSSR count). The first-order valence-corrected chi connectivity index (χ1v) is 7.15. The number of hydrogen-bond donors (Lipinski definition) is 2. The maximum Gasteiger partial charge on any atom is 0.0456 e. The predicted octanol–water partition coefficient (Wildman–Crippen LogP) is 3.62. The monoisotopic (exact) mass is 242 g/mol. The van der Waals surface area contributed by atoms with Gasteiger partial charge in [-0.05, 0) is 36.8 Å². The summed E-state index contributed by atoms with van der Waals surface area (Å²) in [6.45, 7) is 0. The molecule has 1 aliphatic carbocycles. The van der Waals surface area contributed by atoms with E-state index in [4.69, 9.17) is 5.73 Å². The summed E-state index contributed by atoms with van der Waals surface area (Å²) in [6.07, 6.45) is 9.92. The van der Waals surface area contributed by atoms with Gasteiger partial charge in [0.25, 0.3) is 0 Å². The van der Waals surface area contributed by atoms with Crippen LogP contribution in [0, 0.1) is 5.92 Å². The van der Waals surface area contributed by atoms with Gasteiger partial charge in [-0.3, -0.25) is 0 Å². The standard InChI is InChI=1S/C16H22N2/c17-15(12-6-2-1-3-7-12)10-13-11-18-16-9-5-4-8-14(13)16/h4-5,8-9,11-12,15,18H,1-3,6-7,10,17H2. The van der Waals surface area contributed by atoms with Crippen LogP contribution in [0.5, 0.6) is 0 Å². The Morgan fingerprint density at radius 1 is 1.17 bits per heavy atom. The summed E-state index contributed by atoms with van der Waals surface area (Å²) in [5.41, 5.74) is 9.02. The highest BCUT2D eigenvalue weighted by Gasteiger charge is 2.21. The van der Waals surface area contributed by atoms with Gasteiger partial charge >= 0.3 is 0 Å². The summed E-state index contributed by atoms with van der Waals surface area (Å²) in [5.74, 6) is 0.729. The lowest BCUT2D eigenvalue weighted by atomic mass is 9.82. The lowest BCUT2D eigenvalue weighted by Gasteiger charge is -2.27. The van der Waals surface area contributed by atoms with Crippen molar-refractivity contribution < 1.29 is 0 Å². The van der Waals surface area contributed by atoms with Gasteiger partial charge in [0.15, 0.2) is 0 Å². The third-order valence-corrected chi connectivity index (χ3v) is 4.39. The zero-order valence-electron chi connectivity index (χ0n) is 10.9. The molecule has 18 heavy (non-hydrogen) atoms. The largest absolute Gasteiger partial charge is 0.361 e. The third kappa shape index (κ3) is 2.30. The van der Waals surface area contributed by atoms with Crippen molar-refractivity contribution in [2.24, 2.45) is 11.7 Å². The van der Waals surface area contributed by atoms with E-state index in [9.17, 15) is 0 Å². The van der Waals surface area contributed by atoms with E-state index >= 15 is 0 Å². The SMILES string of the molecule is NC(Cc1c[nH]c2ccccc12)C1CCCCC1. The van der Waals surface area contributed by atoms with E-state index in [1.54, 1.807) is 0 Å². The molecule has 1 fully saturated rings. The van der Waals surface area contributed by atoms with Gasteiger partial charge in [-0.25, -0.2) is 0 Å². The topological polar surface area (TPSA) is 41.8 Å². The lowest BCUT2D eigenvalue weighted by molar-refractivity contribution is 0.303. The van der Waals surface area contributed by atoms with Crippen LogP contribution >= 0.6 is 0 Å². The number of fused-ring (bicyclic) bond motifs is 1. The van der Waals surface area contributed by atoms with Crippen LogP contribution in [0.15, 0.2) is 30.5 Å². The maximum atomic E-state index is 6.42. The van der Waals surface area contributed by atoms with Crippen molar-refractivity contribution in [3.05, 3.63) is 36.0 Å². The van der Waals surface area contributed by atoms with Crippen molar-refractivity contribution in [2.75, 3.05) is 0 Å². The highest BCUT2D eigenvalue weighted by atomic mass is 14.7. The number of hydrogen-bond acceptors (Lipinski definition) is 1. The molecule has 1 heterocycles. The van der Waals surface area contributed by atoms with E-state index in [1.807, 2.05) is 0 Å². The van der Waals surface area contributed by atoms with Crippen molar-refractivity contribution in [1.82, 2.24) is 4.98 Å². The average Bonchev–Trinajstić information content (AvgIpc) is 2.83. The fraction of sp³-hybridized carbons (Fsp3) is 0.500. The first-order chi connectivity index (χ1) is 8.84. The van der Waals surface area contributed by atoms with Gasteiger partial charge in [0.1, 0.15) is 0 Å². The fourth-order valence-corrected chi connectivity index (χ4v) is 3.28. The molecule has 1 aromatic carbocycles. The molecule has 0 radical (unpaired) electrons. The molecule has 96 valence electrons. The molecule has 2 nitrogen and oxygen atoms in total. The zero-order chi connectivity index (χ0) is 12.4. The van der Waals surface area contributed by atoms with E-state index < -0.39 is 0 Å². The number of H-pyrrole nitrogens is 1. The van der Waals surface area contributed by atoms with Gasteiger partial charge < -0.3 is 10.7 Å². The summed E-state index contributed by atoms with van der Waals surface area (Å²) in [4.78, 5) is 3.34. The summed E-state index contributed by atoms with van der Waals surface area (Å²) in [5, 5.41) is 1.34. The van der Waals surface area contributed by atoms with Gasteiger partial charge in [-0.2, -0.15) is 0 Å². The van der Waals surface area contributed by atoms with Gasteiger partial charge in [-0.15, -0.1) is 0 Å². The minimum atomic E-state index is 0.324. The lowest BCUT2D eigenvalue weighted by Crippen LogP contribution is -2.33. The van der Waals surface area contributed by atoms with Crippen LogP contribution in [0.1, 0.15) is 37.7 Å². The number of nitrogens with two attached hydrogens (primary N) is 1. The normalized spacial score (nSPS) is 19.2. The minimum absolute atomic E-state index is 0.324. The second-order valence-corrected chi connectivity index (χ2v) is 5.63. The molecule has 1 aliphatic rings. The summed E-state index contributed by atoms with van der Waals surface area (Å²) in [6, 6.07) is 8.82. The summed E-state index contributed by atoms with van der Waals surface area (Å²) >= 11 is 0. The molecule has 1 saturated carbocycles. The van der Waals surface area contributed by atoms with Crippen LogP contribution in [-0.4, -0.2) is 11.0 Å². The molecular formula is C16H22N2. The summed E-state index contributed by atoms with van der Waals surface area (Å²) in [7, 11) is 0. The number of nitrogens with one attached hydrogen (secondary N) is 1. The van der Waals surface area contributed by atoms with E-state index in [2.05, 4.69) is 35.4 Å². The molecule has 2 aromatic rings. The predicted molar refractivity (Wildman–Crippen MR) is 76.6 cm³/mol. The fourth-order valence-electron chi connectivity index (χ4n) is 3.28. The Hall–Kier alpha value is -1.28.